The molecule has 0 unspecified atom stereocenters. The molecule has 6 heteroatoms. The highest BCUT2D eigenvalue weighted by Gasteiger charge is 2.20. The molecule has 0 fully saturated rings. The van der Waals surface area contributed by atoms with Crippen LogP contribution in [0.5, 0.6) is 0 Å². The predicted molar refractivity (Wildman–Crippen MR) is 52.2 cm³/mol. The Morgan fingerprint density at radius 3 is 2.44 bits per heavy atom. The zero-order valence-corrected chi connectivity index (χ0v) is 8.22. The molecular formula is C10H9F2N3O. The summed E-state index contributed by atoms with van der Waals surface area (Å²) < 4.78 is 26.5. The predicted octanol–water partition coefficient (Wildman–Crippen LogP) is 1.70. The molecule has 0 radical (unpaired) electrons. The second kappa shape index (κ2) is 4.36. The number of para-hydroxylation sites is 1. The Morgan fingerprint density at radius 1 is 1.19 bits per heavy atom. The highest BCUT2D eigenvalue weighted by Crippen LogP contribution is 2.21. The van der Waals surface area contributed by atoms with Crippen molar-refractivity contribution in [2.45, 2.75) is 13.0 Å². The molecule has 0 amide bonds. The fourth-order valence-electron chi connectivity index (χ4n) is 1.43. The molecule has 1 heterocycles. The maximum absolute atomic E-state index is 12.7. The first-order chi connectivity index (χ1) is 7.74. The molecule has 16 heavy (non-hydrogen) atoms. The second-order valence-electron chi connectivity index (χ2n) is 3.10. The van der Waals surface area contributed by atoms with Gasteiger partial charge in [-0.2, -0.15) is 0 Å². The van der Waals surface area contributed by atoms with Gasteiger partial charge in [0, 0.05) is 5.69 Å². The largest absolute Gasteiger partial charge is 0.388 e. The summed E-state index contributed by atoms with van der Waals surface area (Å²) in [7, 11) is 0. The summed E-state index contributed by atoms with van der Waals surface area (Å²) in [6.45, 7) is -0.436. The number of nitrogens with zero attached hydrogens (tertiary/aromatic N) is 3. The topological polar surface area (TPSA) is 50.9 Å². The number of aliphatic hydroxyl groups excluding tert-OH is 1. The third-order valence-electron chi connectivity index (χ3n) is 2.11. The maximum Gasteiger partial charge on any atom is 0.297 e. The minimum absolute atomic E-state index is 0.0986. The van der Waals surface area contributed by atoms with E-state index in [0.29, 0.717) is 5.69 Å². The van der Waals surface area contributed by atoms with Crippen LogP contribution in [0.15, 0.2) is 30.3 Å². The van der Waals surface area contributed by atoms with Crippen molar-refractivity contribution < 1.29 is 13.9 Å². The Hall–Kier alpha value is -1.82. The lowest BCUT2D eigenvalue weighted by atomic mass is 10.3. The first kappa shape index (κ1) is 10.7. The van der Waals surface area contributed by atoms with Gasteiger partial charge in [-0.1, -0.05) is 18.2 Å². The fourth-order valence-corrected chi connectivity index (χ4v) is 1.43. The van der Waals surface area contributed by atoms with E-state index in [1.54, 1.807) is 30.3 Å². The maximum atomic E-state index is 12.7. The van der Waals surface area contributed by atoms with E-state index < -0.39 is 18.9 Å². The van der Waals surface area contributed by atoms with Crippen molar-refractivity contribution in [1.82, 2.24) is 14.8 Å². The zero-order chi connectivity index (χ0) is 11.5. The van der Waals surface area contributed by atoms with E-state index in [1.165, 1.54) is 0 Å². The molecule has 0 bridgehead atoms. The van der Waals surface area contributed by atoms with Crippen molar-refractivity contribution in [3.05, 3.63) is 42.0 Å². The lowest BCUT2D eigenvalue weighted by molar-refractivity contribution is 0.137. The number of benzene rings is 1. The molecule has 0 atom stereocenters. The standard InChI is InChI=1S/C10H9F2N3O/c11-9(12)10-14-13-8(6-16)15(10)7-4-2-1-3-5-7/h1-5,9,16H,6H2. The van der Waals surface area contributed by atoms with Crippen molar-refractivity contribution in [2.24, 2.45) is 0 Å². The van der Waals surface area contributed by atoms with E-state index >= 15 is 0 Å². The number of halogens is 2. The summed E-state index contributed by atoms with van der Waals surface area (Å²) in [5.41, 5.74) is 0.506. The van der Waals surface area contributed by atoms with Gasteiger partial charge in [-0.25, -0.2) is 8.78 Å². The monoisotopic (exact) mass is 225 g/mol. The second-order valence-corrected chi connectivity index (χ2v) is 3.10. The highest BCUT2D eigenvalue weighted by molar-refractivity contribution is 5.34. The smallest absolute Gasteiger partial charge is 0.297 e. The van der Waals surface area contributed by atoms with Crippen LogP contribution in [-0.2, 0) is 6.61 Å². The van der Waals surface area contributed by atoms with Crippen molar-refractivity contribution in [1.29, 1.82) is 0 Å². The molecular weight excluding hydrogens is 216 g/mol. The van der Waals surface area contributed by atoms with Crippen molar-refractivity contribution >= 4 is 0 Å². The molecule has 2 aromatic rings. The van der Waals surface area contributed by atoms with Gasteiger partial charge in [0.1, 0.15) is 6.61 Å². The molecule has 1 aromatic carbocycles. The Morgan fingerprint density at radius 2 is 1.88 bits per heavy atom. The number of aliphatic hydroxyl groups is 1. The van der Waals surface area contributed by atoms with E-state index in [9.17, 15) is 8.78 Å². The summed E-state index contributed by atoms with van der Waals surface area (Å²) in [6, 6.07) is 8.49. The molecule has 0 aliphatic rings. The van der Waals surface area contributed by atoms with Crippen LogP contribution in [0.25, 0.3) is 5.69 Å². The first-order valence-corrected chi connectivity index (χ1v) is 4.62. The van der Waals surface area contributed by atoms with Gasteiger partial charge < -0.3 is 5.11 Å². The van der Waals surface area contributed by atoms with E-state index in [-0.39, 0.29) is 5.82 Å². The summed E-state index contributed by atoms with van der Waals surface area (Å²) in [5.74, 6) is -0.364. The van der Waals surface area contributed by atoms with Gasteiger partial charge in [0.15, 0.2) is 5.82 Å². The van der Waals surface area contributed by atoms with Gasteiger partial charge in [0.25, 0.3) is 6.43 Å². The Kier molecular flexibility index (Phi) is 2.91. The molecule has 1 aromatic heterocycles. The molecule has 0 saturated carbocycles. The summed E-state index contributed by atoms with van der Waals surface area (Å²) in [5, 5.41) is 15.9. The van der Waals surface area contributed by atoms with Crippen LogP contribution in [0.2, 0.25) is 0 Å². The van der Waals surface area contributed by atoms with Gasteiger partial charge in [-0.3, -0.25) is 4.57 Å². The molecule has 0 aliphatic heterocycles. The van der Waals surface area contributed by atoms with Gasteiger partial charge in [0.05, 0.1) is 0 Å². The molecule has 1 N–H and O–H groups in total. The van der Waals surface area contributed by atoms with Crippen molar-refractivity contribution in [3.8, 4) is 5.69 Å². The molecule has 0 saturated heterocycles. The van der Waals surface area contributed by atoms with Crippen LogP contribution in [0.4, 0.5) is 8.78 Å². The molecule has 2 rings (SSSR count). The molecule has 0 aliphatic carbocycles. The molecule has 84 valence electrons. The minimum Gasteiger partial charge on any atom is -0.388 e. The van der Waals surface area contributed by atoms with Crippen LogP contribution in [0, 0.1) is 0 Å². The Balaban J connectivity index is 2.57. The summed E-state index contributed by atoms with van der Waals surface area (Å²) >= 11 is 0. The summed E-state index contributed by atoms with van der Waals surface area (Å²) in [4.78, 5) is 0. The Labute approximate surface area is 90.2 Å². The lowest BCUT2D eigenvalue weighted by Crippen LogP contribution is -2.05. The van der Waals surface area contributed by atoms with Gasteiger partial charge in [-0.05, 0) is 12.1 Å². The number of hydrogen-bond donors (Lipinski definition) is 1. The van der Waals surface area contributed by atoms with E-state index in [0.717, 1.165) is 4.57 Å². The molecule has 4 nitrogen and oxygen atoms in total. The van der Waals surface area contributed by atoms with Crippen molar-refractivity contribution in [2.75, 3.05) is 0 Å². The van der Waals surface area contributed by atoms with Crippen LogP contribution >= 0.6 is 0 Å². The number of alkyl halides is 2. The zero-order valence-electron chi connectivity index (χ0n) is 8.22. The third-order valence-corrected chi connectivity index (χ3v) is 2.11. The minimum atomic E-state index is -2.73. The first-order valence-electron chi connectivity index (χ1n) is 4.62. The molecule has 0 spiro atoms. The third kappa shape index (κ3) is 1.79. The van der Waals surface area contributed by atoms with Crippen LogP contribution in [0.3, 0.4) is 0 Å². The fraction of sp³-hybridized carbons (Fsp3) is 0.200. The quantitative estimate of drug-likeness (QED) is 0.864. The van der Waals surface area contributed by atoms with Crippen molar-refractivity contribution in [3.63, 3.8) is 0 Å². The number of hydrogen-bond acceptors (Lipinski definition) is 3. The van der Waals surface area contributed by atoms with E-state index in [1.807, 2.05) is 0 Å². The SMILES string of the molecule is OCc1nnc(C(F)F)n1-c1ccccc1. The van der Waals surface area contributed by atoms with Crippen LogP contribution in [-0.4, -0.2) is 19.9 Å². The van der Waals surface area contributed by atoms with E-state index in [2.05, 4.69) is 10.2 Å². The lowest BCUT2D eigenvalue weighted by Gasteiger charge is -2.08. The van der Waals surface area contributed by atoms with E-state index in [4.69, 9.17) is 5.11 Å². The van der Waals surface area contributed by atoms with Gasteiger partial charge >= 0.3 is 0 Å². The Bertz CT molecular complexity index is 470. The number of aromatic nitrogens is 3. The number of rotatable bonds is 3. The van der Waals surface area contributed by atoms with Gasteiger partial charge in [-0.15, -0.1) is 10.2 Å². The van der Waals surface area contributed by atoms with Crippen LogP contribution < -0.4 is 0 Å². The normalized spacial score (nSPS) is 11.0. The van der Waals surface area contributed by atoms with Crippen LogP contribution in [0.1, 0.15) is 18.1 Å². The van der Waals surface area contributed by atoms with Gasteiger partial charge in [0.2, 0.25) is 5.82 Å². The highest BCUT2D eigenvalue weighted by atomic mass is 19.3. The average Bonchev–Trinajstić information content (AvgIpc) is 2.73. The average molecular weight is 225 g/mol. The summed E-state index contributed by atoms with van der Waals surface area (Å²) in [6.07, 6.45) is -2.73.